The van der Waals surface area contributed by atoms with Crippen molar-refractivity contribution in [1.29, 1.82) is 0 Å². The van der Waals surface area contributed by atoms with Crippen LogP contribution < -0.4 is 15.4 Å². The summed E-state index contributed by atoms with van der Waals surface area (Å²) in [5.74, 6) is 1.24. The molecule has 8 nitrogen and oxygen atoms in total. The predicted octanol–water partition coefficient (Wildman–Crippen LogP) is 3.81. The van der Waals surface area contributed by atoms with Crippen LogP contribution in [0.25, 0.3) is 22.2 Å². The summed E-state index contributed by atoms with van der Waals surface area (Å²) in [5, 5.41) is 6.89. The third-order valence-corrected chi connectivity index (χ3v) is 5.30. The quantitative estimate of drug-likeness (QED) is 0.428. The van der Waals surface area contributed by atoms with Crippen molar-refractivity contribution in [3.63, 3.8) is 0 Å². The highest BCUT2D eigenvalue weighted by atomic mass is 16.5. The molecule has 0 spiro atoms. The van der Waals surface area contributed by atoms with Crippen LogP contribution in [0.4, 0.5) is 5.82 Å². The Labute approximate surface area is 192 Å². The molecule has 3 heterocycles. The number of anilines is 1. The Morgan fingerprint density at radius 1 is 1.09 bits per heavy atom. The Hall–Kier alpha value is -4.07. The molecule has 0 aliphatic heterocycles. The van der Waals surface area contributed by atoms with E-state index in [0.29, 0.717) is 24.6 Å². The fourth-order valence-electron chi connectivity index (χ4n) is 3.70. The average Bonchev–Trinajstić information content (AvgIpc) is 2.85. The molecular weight excluding hydrogens is 416 g/mol. The second kappa shape index (κ2) is 10.0. The topological polar surface area (TPSA) is 102 Å². The Morgan fingerprint density at radius 2 is 1.97 bits per heavy atom. The maximum absolute atomic E-state index is 12.2. The summed E-state index contributed by atoms with van der Waals surface area (Å²) < 4.78 is 5.52. The lowest BCUT2D eigenvalue weighted by molar-refractivity contribution is 0.0964. The zero-order chi connectivity index (χ0) is 23.2. The van der Waals surface area contributed by atoms with Crippen LogP contribution in [0.3, 0.4) is 0 Å². The molecule has 0 fully saturated rings. The molecule has 0 bridgehead atoms. The van der Waals surface area contributed by atoms with Gasteiger partial charge in [0, 0.05) is 48.6 Å². The summed E-state index contributed by atoms with van der Waals surface area (Å²) in [6.07, 6.45) is 5.70. The van der Waals surface area contributed by atoms with Crippen molar-refractivity contribution in [2.75, 3.05) is 25.5 Å². The molecule has 0 radical (unpaired) electrons. The molecule has 3 aromatic heterocycles. The number of nitrogens with one attached hydrogen (secondary N) is 2. The van der Waals surface area contributed by atoms with Gasteiger partial charge in [0.05, 0.1) is 23.4 Å². The van der Waals surface area contributed by atoms with Crippen molar-refractivity contribution < 1.29 is 9.53 Å². The van der Waals surface area contributed by atoms with Crippen molar-refractivity contribution in [2.24, 2.45) is 0 Å². The summed E-state index contributed by atoms with van der Waals surface area (Å²) in [6, 6.07) is 11.6. The van der Waals surface area contributed by atoms with Crippen LogP contribution in [-0.2, 0) is 6.42 Å². The average molecular weight is 443 g/mol. The Kier molecular flexibility index (Phi) is 6.73. The second-order valence-electron chi connectivity index (χ2n) is 7.50. The number of amides is 1. The van der Waals surface area contributed by atoms with Gasteiger partial charge in [-0.25, -0.2) is 15.0 Å². The standard InChI is InChI=1S/C25H26N6O2/c1-4-33-25-16(2)12-18(14-29-25)21-13-22(31-15-30-21)27-10-8-17-6-5-7-19-20(24(32)26-3)9-11-28-23(17)19/h5-7,9,11-15H,4,8,10H2,1-3H3,(H,26,32)(H,27,30,31). The number of nitrogens with zero attached hydrogens (tertiary/aromatic N) is 4. The summed E-state index contributed by atoms with van der Waals surface area (Å²) in [6.45, 7) is 5.14. The molecule has 168 valence electrons. The highest BCUT2D eigenvalue weighted by Crippen LogP contribution is 2.24. The van der Waals surface area contributed by atoms with E-state index in [1.54, 1.807) is 31.8 Å². The lowest BCUT2D eigenvalue weighted by atomic mass is 10.0. The van der Waals surface area contributed by atoms with Gasteiger partial charge < -0.3 is 15.4 Å². The molecule has 33 heavy (non-hydrogen) atoms. The van der Waals surface area contributed by atoms with Gasteiger partial charge in [-0.3, -0.25) is 9.78 Å². The smallest absolute Gasteiger partial charge is 0.251 e. The number of rotatable bonds is 8. The number of hydrogen-bond donors (Lipinski definition) is 2. The monoisotopic (exact) mass is 442 g/mol. The van der Waals surface area contributed by atoms with Gasteiger partial charge in [0.15, 0.2) is 0 Å². The van der Waals surface area contributed by atoms with Crippen molar-refractivity contribution in [3.8, 4) is 17.1 Å². The van der Waals surface area contributed by atoms with Crippen molar-refractivity contribution in [1.82, 2.24) is 25.3 Å². The normalized spacial score (nSPS) is 10.8. The zero-order valence-corrected chi connectivity index (χ0v) is 18.9. The summed E-state index contributed by atoms with van der Waals surface area (Å²) >= 11 is 0. The number of fused-ring (bicyclic) bond motifs is 1. The minimum atomic E-state index is -0.120. The maximum atomic E-state index is 12.2. The fourth-order valence-corrected chi connectivity index (χ4v) is 3.70. The minimum absolute atomic E-state index is 0.120. The predicted molar refractivity (Wildman–Crippen MR) is 128 cm³/mol. The van der Waals surface area contributed by atoms with Crippen LogP contribution in [0.2, 0.25) is 0 Å². The van der Waals surface area contributed by atoms with Crippen LogP contribution in [0, 0.1) is 6.92 Å². The van der Waals surface area contributed by atoms with E-state index in [4.69, 9.17) is 4.74 Å². The first kappa shape index (κ1) is 22.1. The van der Waals surface area contributed by atoms with E-state index >= 15 is 0 Å². The van der Waals surface area contributed by atoms with E-state index < -0.39 is 0 Å². The molecule has 2 N–H and O–H groups in total. The molecule has 4 rings (SSSR count). The van der Waals surface area contributed by atoms with Gasteiger partial charge >= 0.3 is 0 Å². The van der Waals surface area contributed by atoms with Gasteiger partial charge in [0.25, 0.3) is 5.91 Å². The molecular formula is C25H26N6O2. The van der Waals surface area contributed by atoms with Crippen molar-refractivity contribution >= 4 is 22.6 Å². The van der Waals surface area contributed by atoms with Crippen LogP contribution in [0.1, 0.15) is 28.4 Å². The highest BCUT2D eigenvalue weighted by molar-refractivity contribution is 6.06. The summed E-state index contributed by atoms with van der Waals surface area (Å²) in [7, 11) is 1.63. The van der Waals surface area contributed by atoms with Crippen LogP contribution in [-0.4, -0.2) is 46.0 Å². The van der Waals surface area contributed by atoms with Crippen molar-refractivity contribution in [2.45, 2.75) is 20.3 Å². The SMILES string of the molecule is CCOc1ncc(-c2cc(NCCc3cccc4c(C(=O)NC)ccnc34)ncn2)cc1C. The molecule has 0 unspecified atom stereocenters. The number of ether oxygens (including phenoxy) is 1. The van der Waals surface area contributed by atoms with E-state index in [2.05, 4.69) is 30.6 Å². The first-order chi connectivity index (χ1) is 16.1. The Balaban J connectivity index is 1.48. The van der Waals surface area contributed by atoms with Crippen LogP contribution in [0.15, 0.2) is 55.1 Å². The van der Waals surface area contributed by atoms with E-state index in [9.17, 15) is 4.79 Å². The number of aryl methyl sites for hydroxylation is 1. The molecule has 0 atom stereocenters. The van der Waals surface area contributed by atoms with E-state index in [1.165, 1.54) is 0 Å². The largest absolute Gasteiger partial charge is 0.478 e. The van der Waals surface area contributed by atoms with Crippen LogP contribution >= 0.6 is 0 Å². The maximum Gasteiger partial charge on any atom is 0.251 e. The molecule has 8 heteroatoms. The number of pyridine rings is 2. The Bertz CT molecular complexity index is 1290. The fraction of sp³-hybridized carbons (Fsp3) is 0.240. The number of para-hydroxylation sites is 1. The molecule has 0 saturated carbocycles. The number of carbonyl (C=O) groups excluding carboxylic acids is 1. The molecule has 0 saturated heterocycles. The van der Waals surface area contributed by atoms with E-state index in [1.807, 2.05) is 44.2 Å². The third kappa shape index (κ3) is 4.90. The zero-order valence-electron chi connectivity index (χ0n) is 18.9. The number of aromatic nitrogens is 4. The van der Waals surface area contributed by atoms with Crippen molar-refractivity contribution in [3.05, 3.63) is 71.8 Å². The summed E-state index contributed by atoms with van der Waals surface area (Å²) in [5.41, 5.74) is 5.17. The highest BCUT2D eigenvalue weighted by Gasteiger charge is 2.11. The van der Waals surface area contributed by atoms with Crippen LogP contribution in [0.5, 0.6) is 5.88 Å². The number of carbonyl (C=O) groups is 1. The van der Waals surface area contributed by atoms with Gasteiger partial charge in [0.1, 0.15) is 12.1 Å². The van der Waals surface area contributed by atoms with Gasteiger partial charge in [-0.15, -0.1) is 0 Å². The molecule has 0 aliphatic rings. The van der Waals surface area contributed by atoms with Gasteiger partial charge in [-0.2, -0.15) is 0 Å². The molecule has 1 aromatic carbocycles. The lowest BCUT2D eigenvalue weighted by Gasteiger charge is -2.11. The number of hydrogen-bond acceptors (Lipinski definition) is 7. The lowest BCUT2D eigenvalue weighted by Crippen LogP contribution is -2.18. The van der Waals surface area contributed by atoms with E-state index in [0.717, 1.165) is 45.5 Å². The van der Waals surface area contributed by atoms with E-state index in [-0.39, 0.29) is 5.91 Å². The third-order valence-electron chi connectivity index (χ3n) is 5.30. The van der Waals surface area contributed by atoms with Gasteiger partial charge in [-0.1, -0.05) is 18.2 Å². The summed E-state index contributed by atoms with van der Waals surface area (Å²) in [4.78, 5) is 29.8. The van der Waals surface area contributed by atoms with Gasteiger partial charge in [0.2, 0.25) is 5.88 Å². The molecule has 4 aromatic rings. The second-order valence-corrected chi connectivity index (χ2v) is 7.50. The minimum Gasteiger partial charge on any atom is -0.478 e. The number of benzene rings is 1. The first-order valence-electron chi connectivity index (χ1n) is 10.8. The molecule has 0 aliphatic carbocycles. The Morgan fingerprint density at radius 3 is 2.76 bits per heavy atom. The molecule has 1 amide bonds. The first-order valence-corrected chi connectivity index (χ1v) is 10.8. The van der Waals surface area contributed by atoms with Gasteiger partial charge in [-0.05, 0) is 38.0 Å².